The second kappa shape index (κ2) is 42.6. The maximum atomic E-state index is 4.84. The van der Waals surface area contributed by atoms with E-state index in [0.717, 1.165) is 68.9 Å². The number of nitrogens with zero attached hydrogens (tertiary/aromatic N) is 1. The maximum absolute atomic E-state index is 4.84. The van der Waals surface area contributed by atoms with E-state index in [1.54, 1.807) is 0 Å². The third-order valence-electron chi connectivity index (χ3n) is 13.1. The molecule has 0 radical (unpaired) electrons. The Hall–Kier alpha value is -7.30. The van der Waals surface area contributed by atoms with Crippen LogP contribution in [0.15, 0.2) is 218 Å². The Morgan fingerprint density at radius 3 is 1.15 bits per heavy atom. The molecule has 1 saturated carbocycles. The molecule has 2 heterocycles. The van der Waals surface area contributed by atoms with Gasteiger partial charge in [-0.2, -0.15) is 0 Å². The Bertz CT molecular complexity index is 2670. The number of fused-ring (bicyclic) bond motifs is 2. The van der Waals surface area contributed by atoms with Gasteiger partial charge in [0.25, 0.3) is 5.82 Å². The van der Waals surface area contributed by atoms with Gasteiger partial charge in [0.2, 0.25) is 0 Å². The highest BCUT2D eigenvalue weighted by Gasteiger charge is 2.41. The van der Waals surface area contributed by atoms with Gasteiger partial charge in [0.15, 0.2) is 5.69 Å². The van der Waals surface area contributed by atoms with E-state index in [-0.39, 0.29) is 0 Å². The highest BCUT2D eigenvalue weighted by atomic mass is 14.9. The number of allylic oxidation sites excluding steroid dienone is 2. The summed E-state index contributed by atoms with van der Waals surface area (Å²) in [5.74, 6) is 5.31. The van der Waals surface area contributed by atoms with Crippen molar-refractivity contribution in [1.82, 2.24) is 15.0 Å². The number of hydrogen-bond acceptors (Lipinski definition) is 1. The van der Waals surface area contributed by atoms with Gasteiger partial charge in [-0.1, -0.05) is 324 Å². The summed E-state index contributed by atoms with van der Waals surface area (Å²) in [6.07, 6.45) is 7.64. The van der Waals surface area contributed by atoms with Gasteiger partial charge in [-0.25, -0.2) is 15.0 Å². The molecule has 428 valence electrons. The van der Waals surface area contributed by atoms with E-state index < -0.39 is 0 Å². The van der Waals surface area contributed by atoms with Crippen LogP contribution in [0.2, 0.25) is 0 Å². The maximum Gasteiger partial charge on any atom is 0.285 e. The number of aromatic nitrogens is 4. The van der Waals surface area contributed by atoms with Gasteiger partial charge < -0.3 is 4.98 Å². The molecule has 3 unspecified atom stereocenters. The van der Waals surface area contributed by atoms with Crippen LogP contribution in [0.25, 0.3) is 45.3 Å². The molecule has 4 heteroatoms. The third-order valence-corrected chi connectivity index (χ3v) is 13.1. The topological polar surface area (TPSA) is 58.6 Å². The molecule has 2 bridgehead atoms. The summed E-state index contributed by atoms with van der Waals surface area (Å²) in [5, 5.41) is 0. The summed E-state index contributed by atoms with van der Waals surface area (Å²) < 4.78 is 0. The zero-order chi connectivity index (χ0) is 59.7. The molecule has 2 aromatic heterocycles. The quantitative estimate of drug-likeness (QED) is 0.139. The lowest BCUT2D eigenvalue weighted by Crippen LogP contribution is -2.18. The first-order valence-corrected chi connectivity index (χ1v) is 30.8. The lowest BCUT2D eigenvalue weighted by molar-refractivity contribution is -0.349. The lowest BCUT2D eigenvalue weighted by Gasteiger charge is -2.29. The molecule has 80 heavy (non-hydrogen) atoms. The molecule has 4 nitrogen and oxygen atoms in total. The van der Waals surface area contributed by atoms with Crippen LogP contribution >= 0.6 is 0 Å². The number of imidazole rings is 2. The first kappa shape index (κ1) is 70.7. The molecule has 11 rings (SSSR count). The average molecular weight is 1070 g/mol. The van der Waals surface area contributed by atoms with Crippen molar-refractivity contribution in [1.29, 1.82) is 0 Å². The van der Waals surface area contributed by atoms with Crippen molar-refractivity contribution in [2.75, 3.05) is 0 Å². The van der Waals surface area contributed by atoms with Crippen LogP contribution in [0.3, 0.4) is 0 Å². The fraction of sp³-hybridized carbons (Fsp3) is 0.342. The molecule has 0 spiro atoms. The van der Waals surface area contributed by atoms with Gasteiger partial charge in [0.1, 0.15) is 11.5 Å². The second-order valence-corrected chi connectivity index (χ2v) is 17.3. The summed E-state index contributed by atoms with van der Waals surface area (Å²) in [4.78, 5) is 15.3. The average Bonchev–Trinajstić information content (AvgIpc) is 4.40. The number of hydrogen-bond donors (Lipinski definition) is 2. The molecule has 2 aliphatic carbocycles. The van der Waals surface area contributed by atoms with Crippen molar-refractivity contribution in [2.24, 2.45) is 17.8 Å². The van der Waals surface area contributed by atoms with E-state index in [4.69, 9.17) is 4.98 Å². The summed E-state index contributed by atoms with van der Waals surface area (Å²) in [7, 11) is 0. The summed E-state index contributed by atoms with van der Waals surface area (Å²) in [5.41, 5.74) is 14.5. The van der Waals surface area contributed by atoms with E-state index in [1.165, 1.54) is 40.7 Å². The second-order valence-electron chi connectivity index (χ2n) is 17.3. The van der Waals surface area contributed by atoms with Gasteiger partial charge in [0.05, 0.1) is 11.3 Å². The molecular formula is C76H105N4+. The fourth-order valence-electron chi connectivity index (χ4n) is 9.70. The van der Waals surface area contributed by atoms with Crippen LogP contribution in [0, 0.1) is 31.6 Å². The predicted molar refractivity (Wildman–Crippen MR) is 355 cm³/mol. The lowest BCUT2D eigenvalue weighted by atomic mass is 9.74. The number of nitrogens with one attached hydrogen (secondary N) is 3. The Kier molecular flexibility index (Phi) is 37.7. The third kappa shape index (κ3) is 21.1. The molecule has 7 aromatic carbocycles. The summed E-state index contributed by atoms with van der Waals surface area (Å²) in [6.45, 7) is 38.4. The van der Waals surface area contributed by atoms with E-state index in [2.05, 4.69) is 230 Å². The minimum atomic E-state index is 0.484. The van der Waals surface area contributed by atoms with E-state index >= 15 is 0 Å². The van der Waals surface area contributed by atoms with Crippen LogP contribution in [0.5, 0.6) is 0 Å². The van der Waals surface area contributed by atoms with Gasteiger partial charge in [0, 0.05) is 41.1 Å². The van der Waals surface area contributed by atoms with E-state index in [9.17, 15) is 0 Å². The van der Waals surface area contributed by atoms with Gasteiger partial charge in [-0.05, 0) is 71.9 Å². The van der Waals surface area contributed by atoms with Crippen molar-refractivity contribution in [2.45, 2.75) is 156 Å². The monoisotopic (exact) mass is 1070 g/mol. The molecule has 0 saturated heterocycles. The first-order chi connectivity index (χ1) is 39.5. The van der Waals surface area contributed by atoms with Gasteiger partial charge in [-0.3, -0.25) is 0 Å². The van der Waals surface area contributed by atoms with Gasteiger partial charge >= 0.3 is 0 Å². The van der Waals surface area contributed by atoms with Crippen molar-refractivity contribution in [3.63, 3.8) is 0 Å². The largest absolute Gasteiger partial charge is 0.342 e. The summed E-state index contributed by atoms with van der Waals surface area (Å²) >= 11 is 0. The van der Waals surface area contributed by atoms with E-state index in [1.807, 2.05) is 135 Å². The van der Waals surface area contributed by atoms with Crippen LogP contribution < -0.4 is 4.98 Å². The number of aromatic amines is 3. The Labute approximate surface area is 488 Å². The molecule has 1 fully saturated rings. The Morgan fingerprint density at radius 2 is 0.762 bits per heavy atom. The minimum Gasteiger partial charge on any atom is -0.342 e. The Morgan fingerprint density at radius 1 is 0.388 bits per heavy atom. The molecule has 9 aromatic rings. The van der Waals surface area contributed by atoms with Crippen LogP contribution in [0.4, 0.5) is 0 Å². The van der Waals surface area contributed by atoms with Gasteiger partial charge in [-0.15, -0.1) is 0 Å². The smallest absolute Gasteiger partial charge is 0.285 e. The SMILES string of the molecule is C1=CC2CC1CC2C(c1ccccc1)c1ccccc1.CC.CC.CC.CC.CC.CC.CC.CC.CC(c1ccccc1)c1ccccc1.Cc1[nH]c(-c2ccc(-c3[nH]c(C)c(-c4ccccc4)[nH+]3)cc2)nc1-c1ccccc1. The normalized spacial score (nSPS) is 13.4. The van der Waals surface area contributed by atoms with Crippen molar-refractivity contribution in [3.8, 4) is 45.3 Å². The standard InChI is InChI=1S/C26H22N4.C20H20.C14H14.8C2H6/c1-17-23(19-9-5-3-6-10-19)29-25(27-17)21-13-15-22(16-14-21)26-28-18(2)24(30-26)20-11-7-4-8-12-20;1-3-7-16(8-4-1)20(17-9-5-2-6-10-17)19-14-15-11-12-18(19)13-15;1-12(13-8-4-2-5-9-13)14-10-6-3-7-11-14;8*1-2/h3-16H,1-2H3,(H,27,29)(H,28,30);1-12,15,18-20H,13-14H2;2-12H,1H3;8*1-2H3/p+1. The highest BCUT2D eigenvalue weighted by molar-refractivity contribution is 5.69. The predicted octanol–water partition coefficient (Wildman–Crippen LogP) is 22.9. The number of aryl methyl sites for hydroxylation is 2. The van der Waals surface area contributed by atoms with Crippen molar-refractivity contribution < 1.29 is 4.98 Å². The fourth-order valence-corrected chi connectivity index (χ4v) is 9.70. The molecule has 2 aliphatic rings. The van der Waals surface area contributed by atoms with Crippen LogP contribution in [-0.2, 0) is 0 Å². The molecule has 0 aliphatic heterocycles. The summed E-state index contributed by atoms with van der Waals surface area (Å²) in [6, 6.07) is 72.4. The first-order valence-electron chi connectivity index (χ1n) is 30.8. The molecule has 3 N–H and O–H groups in total. The molecule has 3 atom stereocenters. The Balaban J connectivity index is 0.000000557. The van der Waals surface area contributed by atoms with Crippen molar-refractivity contribution in [3.05, 3.63) is 252 Å². The minimum absolute atomic E-state index is 0.484. The number of rotatable bonds is 9. The van der Waals surface area contributed by atoms with E-state index in [0.29, 0.717) is 11.8 Å². The molecular weight excluding hydrogens is 969 g/mol. The van der Waals surface area contributed by atoms with Crippen molar-refractivity contribution >= 4 is 0 Å². The molecule has 0 amide bonds. The van der Waals surface area contributed by atoms with Crippen LogP contribution in [0.1, 0.15) is 176 Å². The zero-order valence-corrected chi connectivity index (χ0v) is 53.0. The number of benzene rings is 7. The zero-order valence-electron chi connectivity index (χ0n) is 53.0. The number of H-pyrrole nitrogens is 3. The highest BCUT2D eigenvalue weighted by Crippen LogP contribution is 2.51. The van der Waals surface area contributed by atoms with Crippen LogP contribution in [-0.4, -0.2) is 15.0 Å².